The summed E-state index contributed by atoms with van der Waals surface area (Å²) in [7, 11) is 4.81. The Hall–Kier alpha value is -3.75. The van der Waals surface area contributed by atoms with Crippen LogP contribution in [0.15, 0.2) is 49.1 Å². The van der Waals surface area contributed by atoms with E-state index in [1.54, 1.807) is 29.3 Å². The number of ether oxygens (including phenoxy) is 2. The Bertz CT molecular complexity index is 1350. The third kappa shape index (κ3) is 3.91. The van der Waals surface area contributed by atoms with Crippen LogP contribution in [0.2, 0.25) is 0 Å². The molecule has 1 aliphatic carbocycles. The van der Waals surface area contributed by atoms with Crippen LogP contribution < -0.4 is 9.47 Å². The van der Waals surface area contributed by atoms with Gasteiger partial charge in [-0.1, -0.05) is 6.07 Å². The van der Waals surface area contributed by atoms with Crippen LogP contribution in [-0.4, -0.2) is 45.8 Å². The Kier molecular flexibility index (Phi) is 5.55. The van der Waals surface area contributed by atoms with Gasteiger partial charge in [-0.3, -0.25) is 14.0 Å². The van der Waals surface area contributed by atoms with Gasteiger partial charge in [0.2, 0.25) is 6.43 Å². The first-order chi connectivity index (χ1) is 16.4. The second kappa shape index (κ2) is 8.55. The van der Waals surface area contributed by atoms with Crippen LogP contribution in [0.25, 0.3) is 27.8 Å². The lowest BCUT2D eigenvalue weighted by atomic mass is 10.0. The van der Waals surface area contributed by atoms with Gasteiger partial charge in [0, 0.05) is 43.3 Å². The summed E-state index contributed by atoms with van der Waals surface area (Å²) < 4.78 is 40.5. The fraction of sp³-hybridized carbons (Fsp3) is 0.320. The summed E-state index contributed by atoms with van der Waals surface area (Å²) in [5.41, 5.74) is 4.65. The third-order valence-electron chi connectivity index (χ3n) is 6.38. The van der Waals surface area contributed by atoms with Crippen molar-refractivity contribution in [3.8, 4) is 28.3 Å². The van der Waals surface area contributed by atoms with E-state index in [-0.39, 0.29) is 23.7 Å². The number of benzene rings is 2. The molecule has 7 nitrogen and oxygen atoms in total. The predicted octanol–water partition coefficient (Wildman–Crippen LogP) is 4.92. The molecule has 0 aliphatic heterocycles. The van der Waals surface area contributed by atoms with Crippen molar-refractivity contribution < 1.29 is 23.0 Å². The molecular weight excluding hydrogens is 442 g/mol. The standard InChI is InChI=1S/C25H24F2N4O3/c1-30-12-16(11-29-30)14-4-5-20-19(7-14)28-13-31(20)17-9-22(33-2)24(23(10-17)34-3)21(32)8-15-6-18(15)25(26)27/h4-5,7,9-13,15,18,25H,6,8H2,1-3H3/t15-,18-/m0/s1. The van der Waals surface area contributed by atoms with Crippen LogP contribution in [0.5, 0.6) is 11.5 Å². The number of methoxy groups -OCH3 is 2. The highest BCUT2D eigenvalue weighted by atomic mass is 19.3. The Balaban J connectivity index is 1.50. The number of nitrogens with zero attached hydrogens (tertiary/aromatic N) is 4. The zero-order valence-corrected chi connectivity index (χ0v) is 19.0. The lowest BCUT2D eigenvalue weighted by molar-refractivity contribution is 0.0940. The molecule has 34 heavy (non-hydrogen) atoms. The summed E-state index contributed by atoms with van der Waals surface area (Å²) in [5.74, 6) is -0.586. The average molecular weight is 466 g/mol. The molecule has 0 bridgehead atoms. The van der Waals surface area contributed by atoms with Gasteiger partial charge in [0.25, 0.3) is 0 Å². The van der Waals surface area contributed by atoms with E-state index in [1.165, 1.54) is 14.2 Å². The van der Waals surface area contributed by atoms with Gasteiger partial charge in [-0.05, 0) is 30.0 Å². The van der Waals surface area contributed by atoms with Crippen molar-refractivity contribution in [1.29, 1.82) is 0 Å². The number of aromatic nitrogens is 4. The van der Waals surface area contributed by atoms with Gasteiger partial charge in [-0.25, -0.2) is 13.8 Å². The van der Waals surface area contributed by atoms with Crippen molar-refractivity contribution in [3.63, 3.8) is 0 Å². The fourth-order valence-electron chi connectivity index (χ4n) is 4.43. The maximum absolute atomic E-state index is 13.0. The maximum Gasteiger partial charge on any atom is 0.241 e. The molecule has 2 heterocycles. The van der Waals surface area contributed by atoms with Crippen LogP contribution in [0, 0.1) is 11.8 Å². The van der Waals surface area contributed by atoms with E-state index in [2.05, 4.69) is 10.1 Å². The number of aryl methyl sites for hydroxylation is 1. The van der Waals surface area contributed by atoms with Gasteiger partial charge in [0.1, 0.15) is 23.4 Å². The number of hydrogen-bond donors (Lipinski definition) is 0. The number of hydrogen-bond acceptors (Lipinski definition) is 5. The van der Waals surface area contributed by atoms with Gasteiger partial charge in [-0.15, -0.1) is 0 Å². The maximum atomic E-state index is 13.0. The van der Waals surface area contributed by atoms with E-state index in [1.807, 2.05) is 36.0 Å². The molecule has 0 N–H and O–H groups in total. The van der Waals surface area contributed by atoms with E-state index in [9.17, 15) is 13.6 Å². The molecule has 0 spiro atoms. The average Bonchev–Trinajstić information content (AvgIpc) is 3.26. The number of fused-ring (bicyclic) bond motifs is 1. The van der Waals surface area contributed by atoms with Crippen molar-refractivity contribution >= 4 is 16.8 Å². The SMILES string of the molecule is COc1cc(-n2cnc3cc(-c4cnn(C)c4)ccc32)cc(OC)c1C(=O)C[C@@H]1C[C@@H]1C(F)F. The van der Waals surface area contributed by atoms with Crippen LogP contribution in [-0.2, 0) is 7.05 Å². The molecule has 0 saturated heterocycles. The van der Waals surface area contributed by atoms with E-state index < -0.39 is 12.3 Å². The fourth-order valence-corrected chi connectivity index (χ4v) is 4.43. The Morgan fingerprint density at radius 3 is 2.47 bits per heavy atom. The predicted molar refractivity (Wildman–Crippen MR) is 123 cm³/mol. The minimum absolute atomic E-state index is 0.0478. The highest BCUT2D eigenvalue weighted by Crippen LogP contribution is 2.47. The zero-order chi connectivity index (χ0) is 24.0. The second-order valence-electron chi connectivity index (χ2n) is 8.57. The number of carbonyl (C=O) groups excluding carboxylic acids is 1. The molecule has 0 radical (unpaired) electrons. The van der Waals surface area contributed by atoms with Gasteiger partial charge in [0.15, 0.2) is 5.78 Å². The van der Waals surface area contributed by atoms with Crippen LogP contribution in [0.4, 0.5) is 8.78 Å². The number of imidazole rings is 1. The molecule has 1 fully saturated rings. The number of Topliss-reactive ketones (excluding diaryl/α,β-unsaturated/α-hetero) is 1. The third-order valence-corrected chi connectivity index (χ3v) is 6.38. The van der Waals surface area contributed by atoms with Gasteiger partial charge in [0.05, 0.1) is 37.1 Å². The number of rotatable bonds is 8. The van der Waals surface area contributed by atoms with Crippen molar-refractivity contribution in [3.05, 3.63) is 54.6 Å². The molecule has 9 heteroatoms. The van der Waals surface area contributed by atoms with Crippen molar-refractivity contribution in [1.82, 2.24) is 19.3 Å². The molecule has 0 unspecified atom stereocenters. The minimum atomic E-state index is -2.39. The normalized spacial score (nSPS) is 17.4. The van der Waals surface area contributed by atoms with Gasteiger partial charge < -0.3 is 9.47 Å². The minimum Gasteiger partial charge on any atom is -0.496 e. The van der Waals surface area contributed by atoms with E-state index in [4.69, 9.17) is 9.47 Å². The molecule has 1 saturated carbocycles. The molecule has 4 aromatic rings. The summed E-state index contributed by atoms with van der Waals surface area (Å²) in [6, 6.07) is 9.44. The quantitative estimate of drug-likeness (QED) is 0.345. The first-order valence-corrected chi connectivity index (χ1v) is 10.9. The lowest BCUT2D eigenvalue weighted by Crippen LogP contribution is -2.09. The van der Waals surface area contributed by atoms with Crippen LogP contribution in [0.3, 0.4) is 0 Å². The van der Waals surface area contributed by atoms with Crippen molar-refractivity contribution in [2.24, 2.45) is 18.9 Å². The topological polar surface area (TPSA) is 71.2 Å². The first kappa shape index (κ1) is 22.1. The Morgan fingerprint density at radius 2 is 1.88 bits per heavy atom. The molecular formula is C25H24F2N4O3. The number of ketones is 1. The number of carbonyl (C=O) groups is 1. The molecule has 1 aliphatic rings. The van der Waals surface area contributed by atoms with Gasteiger partial charge in [-0.2, -0.15) is 5.10 Å². The summed E-state index contributed by atoms with van der Waals surface area (Å²) in [4.78, 5) is 17.5. The number of alkyl halides is 2. The summed E-state index contributed by atoms with van der Waals surface area (Å²) in [5, 5.41) is 4.22. The summed E-state index contributed by atoms with van der Waals surface area (Å²) in [6.45, 7) is 0. The van der Waals surface area contributed by atoms with E-state index >= 15 is 0 Å². The monoisotopic (exact) mass is 466 g/mol. The van der Waals surface area contributed by atoms with E-state index in [0.29, 0.717) is 23.6 Å². The van der Waals surface area contributed by atoms with Crippen molar-refractivity contribution in [2.45, 2.75) is 19.3 Å². The zero-order valence-electron chi connectivity index (χ0n) is 19.0. The molecule has 2 aromatic heterocycles. The molecule has 176 valence electrons. The highest BCUT2D eigenvalue weighted by Gasteiger charge is 2.45. The van der Waals surface area contributed by atoms with Crippen LogP contribution >= 0.6 is 0 Å². The van der Waals surface area contributed by atoms with Crippen molar-refractivity contribution in [2.75, 3.05) is 14.2 Å². The smallest absolute Gasteiger partial charge is 0.241 e. The molecule has 2 aromatic carbocycles. The van der Waals surface area contributed by atoms with Gasteiger partial charge >= 0.3 is 0 Å². The lowest BCUT2D eigenvalue weighted by Gasteiger charge is -2.15. The van der Waals surface area contributed by atoms with E-state index in [0.717, 1.165) is 22.2 Å². The van der Waals surface area contributed by atoms with Crippen LogP contribution in [0.1, 0.15) is 23.2 Å². The second-order valence-corrected chi connectivity index (χ2v) is 8.57. The molecule has 0 amide bonds. The Morgan fingerprint density at radius 1 is 1.15 bits per heavy atom. The first-order valence-electron chi connectivity index (χ1n) is 10.9. The summed E-state index contributed by atoms with van der Waals surface area (Å²) in [6.07, 6.45) is 3.46. The number of halogens is 2. The largest absolute Gasteiger partial charge is 0.496 e. The summed E-state index contributed by atoms with van der Waals surface area (Å²) >= 11 is 0. The molecule has 5 rings (SSSR count). The molecule has 2 atom stereocenters. The highest BCUT2D eigenvalue weighted by molar-refractivity contribution is 6.02. The Labute approximate surface area is 194 Å².